The van der Waals surface area contributed by atoms with Crippen LogP contribution in [0.3, 0.4) is 0 Å². The summed E-state index contributed by atoms with van der Waals surface area (Å²) in [6, 6.07) is 9.89. The summed E-state index contributed by atoms with van der Waals surface area (Å²) in [5, 5.41) is 15.7. The van der Waals surface area contributed by atoms with Crippen LogP contribution in [0.1, 0.15) is 5.56 Å². The molecule has 0 spiro atoms. The lowest BCUT2D eigenvalue weighted by molar-refractivity contribution is 0.409. The molecule has 1 N–H and O–H groups in total. The Hall–Kier alpha value is -3.20. The highest BCUT2D eigenvalue weighted by atomic mass is 32.1. The number of benzene rings is 1. The van der Waals surface area contributed by atoms with Crippen molar-refractivity contribution < 1.29 is 13.9 Å². The van der Waals surface area contributed by atoms with Crippen molar-refractivity contribution >= 4 is 11.5 Å². The van der Waals surface area contributed by atoms with Crippen molar-refractivity contribution in [1.82, 2.24) is 24.1 Å². The van der Waals surface area contributed by atoms with Gasteiger partial charge in [0.25, 0.3) is 5.88 Å². The molecule has 0 bridgehead atoms. The Morgan fingerprint density at radius 3 is 2.65 bits per heavy atom. The molecule has 0 atom stereocenters. The van der Waals surface area contributed by atoms with Crippen LogP contribution in [0, 0.1) is 11.6 Å². The first-order valence-electron chi connectivity index (χ1n) is 7.55. The average Bonchev–Trinajstić information content (AvgIpc) is 3.29. The van der Waals surface area contributed by atoms with Crippen molar-refractivity contribution in [1.29, 1.82) is 0 Å². The second-order valence-electron chi connectivity index (χ2n) is 5.41. The molecule has 3 aromatic heterocycles. The molecule has 4 aromatic rings. The molecule has 130 valence electrons. The number of halogens is 2. The number of hydrogen-bond donors (Lipinski definition) is 1. The van der Waals surface area contributed by atoms with Gasteiger partial charge in [-0.2, -0.15) is 18.8 Å². The van der Waals surface area contributed by atoms with E-state index >= 15 is 0 Å². The molecule has 1 aromatic carbocycles. The summed E-state index contributed by atoms with van der Waals surface area (Å²) in [5.41, 5.74) is 2.08. The molecule has 0 saturated heterocycles. The van der Waals surface area contributed by atoms with Gasteiger partial charge in [0, 0.05) is 10.9 Å². The summed E-state index contributed by atoms with van der Waals surface area (Å²) >= 11 is 1.28. The van der Waals surface area contributed by atoms with Gasteiger partial charge in [-0.25, -0.2) is 9.37 Å². The first kappa shape index (κ1) is 16.3. The van der Waals surface area contributed by atoms with Gasteiger partial charge >= 0.3 is 0 Å². The molecule has 9 heteroatoms. The zero-order valence-corrected chi connectivity index (χ0v) is 14.0. The predicted molar refractivity (Wildman–Crippen MR) is 91.5 cm³/mol. The molecule has 26 heavy (non-hydrogen) atoms. The topological polar surface area (TPSA) is 76.7 Å². The van der Waals surface area contributed by atoms with E-state index in [9.17, 15) is 13.9 Å². The van der Waals surface area contributed by atoms with E-state index in [4.69, 9.17) is 0 Å². The maximum atomic E-state index is 14.0. The minimum atomic E-state index is -0.917. The van der Waals surface area contributed by atoms with Gasteiger partial charge in [-0.3, -0.25) is 4.68 Å². The van der Waals surface area contributed by atoms with Crippen LogP contribution in [-0.4, -0.2) is 29.2 Å². The Morgan fingerprint density at radius 2 is 1.92 bits per heavy atom. The van der Waals surface area contributed by atoms with Crippen LogP contribution in [0.5, 0.6) is 5.88 Å². The van der Waals surface area contributed by atoms with Gasteiger partial charge < -0.3 is 5.11 Å². The zero-order valence-electron chi connectivity index (χ0n) is 13.2. The number of hydrogen-bond acceptors (Lipinski definition) is 6. The highest BCUT2D eigenvalue weighted by Crippen LogP contribution is 2.26. The molecule has 0 saturated carbocycles. The minimum Gasteiger partial charge on any atom is -0.491 e. The third kappa shape index (κ3) is 3.04. The number of rotatable bonds is 4. The molecule has 4 rings (SSSR count). The smallest absolute Gasteiger partial charge is 0.251 e. The van der Waals surface area contributed by atoms with Crippen LogP contribution in [0.4, 0.5) is 8.78 Å². The lowest BCUT2D eigenvalue weighted by Crippen LogP contribution is -2.06. The van der Waals surface area contributed by atoms with Crippen molar-refractivity contribution in [3.63, 3.8) is 0 Å². The normalized spacial score (nSPS) is 11.0. The molecule has 0 aliphatic rings. The van der Waals surface area contributed by atoms with E-state index in [0.717, 1.165) is 6.20 Å². The average molecular weight is 371 g/mol. The van der Waals surface area contributed by atoms with E-state index in [1.54, 1.807) is 28.9 Å². The molecular formula is C17H11F2N5OS. The summed E-state index contributed by atoms with van der Waals surface area (Å²) in [6.07, 6.45) is 0.871. The van der Waals surface area contributed by atoms with Gasteiger partial charge in [-0.1, -0.05) is 18.2 Å². The molecule has 0 unspecified atom stereocenters. The third-order valence-electron chi connectivity index (χ3n) is 3.71. The van der Waals surface area contributed by atoms with Crippen molar-refractivity contribution in [3.05, 3.63) is 65.2 Å². The van der Waals surface area contributed by atoms with Gasteiger partial charge in [-0.05, 0) is 29.7 Å². The SMILES string of the molecule is Oc1nc(-c2cc(-c3ccsn3)n(Cc3ccccc3F)n2)ncc1F. The molecule has 0 fully saturated rings. The van der Waals surface area contributed by atoms with Gasteiger partial charge in [0.15, 0.2) is 5.82 Å². The summed E-state index contributed by atoms with van der Waals surface area (Å²) in [4.78, 5) is 7.56. The Labute approximate surface area is 150 Å². The molecule has 0 amide bonds. The van der Waals surface area contributed by atoms with E-state index in [1.807, 2.05) is 11.4 Å². The first-order chi connectivity index (χ1) is 12.6. The van der Waals surface area contributed by atoms with Crippen molar-refractivity contribution in [2.75, 3.05) is 0 Å². The standard InChI is InChI=1S/C17H11F2N5OS/c18-11-4-2-1-3-10(11)9-24-15(13-5-6-26-23-13)7-14(22-24)16-20-8-12(19)17(25)21-16/h1-8H,9H2,(H,20,21,25). The quantitative estimate of drug-likeness (QED) is 0.594. The van der Waals surface area contributed by atoms with Crippen LogP contribution in [0.2, 0.25) is 0 Å². The third-order valence-corrected chi connectivity index (χ3v) is 4.27. The fourth-order valence-electron chi connectivity index (χ4n) is 2.47. The van der Waals surface area contributed by atoms with Crippen LogP contribution in [0.25, 0.3) is 22.9 Å². The molecule has 6 nitrogen and oxygen atoms in total. The van der Waals surface area contributed by atoms with Gasteiger partial charge in [0.05, 0.1) is 18.4 Å². The molecule has 0 aliphatic carbocycles. The van der Waals surface area contributed by atoms with Gasteiger partial charge in [0.1, 0.15) is 17.2 Å². The van der Waals surface area contributed by atoms with Crippen molar-refractivity contribution in [3.8, 4) is 28.8 Å². The van der Waals surface area contributed by atoms with Crippen LogP contribution < -0.4 is 0 Å². The fraction of sp³-hybridized carbons (Fsp3) is 0.0588. The second-order valence-corrected chi connectivity index (χ2v) is 6.08. The zero-order chi connectivity index (χ0) is 18.1. The van der Waals surface area contributed by atoms with E-state index in [2.05, 4.69) is 19.4 Å². The van der Waals surface area contributed by atoms with E-state index in [1.165, 1.54) is 17.6 Å². The largest absolute Gasteiger partial charge is 0.491 e. The first-order valence-corrected chi connectivity index (χ1v) is 8.39. The summed E-state index contributed by atoms with van der Waals surface area (Å²) in [6.45, 7) is 0.173. The highest BCUT2D eigenvalue weighted by Gasteiger charge is 2.17. The number of aromatic hydroxyl groups is 1. The minimum absolute atomic E-state index is 0.0627. The number of nitrogens with zero attached hydrogens (tertiary/aromatic N) is 5. The lowest BCUT2D eigenvalue weighted by atomic mass is 10.2. The van der Waals surface area contributed by atoms with Crippen molar-refractivity contribution in [2.45, 2.75) is 6.54 Å². The highest BCUT2D eigenvalue weighted by molar-refractivity contribution is 7.03. The Kier molecular flexibility index (Phi) is 4.13. The Bertz CT molecular complexity index is 1060. The van der Waals surface area contributed by atoms with E-state index in [0.29, 0.717) is 22.6 Å². The Balaban J connectivity index is 1.80. The Morgan fingerprint density at radius 1 is 1.08 bits per heavy atom. The van der Waals surface area contributed by atoms with Crippen molar-refractivity contribution in [2.24, 2.45) is 0 Å². The molecule has 0 aliphatic heterocycles. The molecular weight excluding hydrogens is 360 g/mol. The molecule has 0 radical (unpaired) electrons. The number of aromatic nitrogens is 5. The van der Waals surface area contributed by atoms with Crippen LogP contribution in [-0.2, 0) is 6.54 Å². The van der Waals surface area contributed by atoms with Crippen LogP contribution >= 0.6 is 11.5 Å². The summed E-state index contributed by atoms with van der Waals surface area (Å²) in [5.74, 6) is -1.95. The van der Waals surface area contributed by atoms with Gasteiger partial charge in [-0.15, -0.1) is 0 Å². The van der Waals surface area contributed by atoms with E-state index in [-0.39, 0.29) is 18.2 Å². The predicted octanol–water partition coefficient (Wildman–Crippen LogP) is 3.50. The van der Waals surface area contributed by atoms with Crippen LogP contribution in [0.15, 0.2) is 48.0 Å². The summed E-state index contributed by atoms with van der Waals surface area (Å²) < 4.78 is 33.1. The maximum Gasteiger partial charge on any atom is 0.251 e. The maximum absolute atomic E-state index is 14.0. The fourth-order valence-corrected chi connectivity index (χ4v) is 2.99. The second kappa shape index (κ2) is 6.60. The monoisotopic (exact) mass is 371 g/mol. The molecule has 3 heterocycles. The van der Waals surface area contributed by atoms with Gasteiger partial charge in [0.2, 0.25) is 5.82 Å². The van der Waals surface area contributed by atoms with E-state index < -0.39 is 11.7 Å². The lowest BCUT2D eigenvalue weighted by Gasteiger charge is -2.06. The summed E-state index contributed by atoms with van der Waals surface area (Å²) in [7, 11) is 0.